The van der Waals surface area contributed by atoms with Gasteiger partial charge in [-0.2, -0.15) is 10.2 Å². The van der Waals surface area contributed by atoms with Gasteiger partial charge in [-0.15, -0.1) is 10.2 Å². The Bertz CT molecular complexity index is 1020. The molecule has 0 saturated heterocycles. The molecule has 0 atom stereocenters. The number of hydrazone groups is 2. The van der Waals surface area contributed by atoms with Crippen molar-refractivity contribution in [1.29, 1.82) is 11.1 Å². The first-order chi connectivity index (χ1) is 15.0. The molecule has 0 aliphatic carbocycles. The van der Waals surface area contributed by atoms with Gasteiger partial charge in [0.15, 0.2) is 12.7 Å². The number of imidazole rings is 1. The summed E-state index contributed by atoms with van der Waals surface area (Å²) >= 11 is 0. The molecule has 17 nitrogen and oxygen atoms in total. The maximum atomic E-state index is 10.6. The van der Waals surface area contributed by atoms with Crippen molar-refractivity contribution < 1.29 is 28.2 Å². The second-order valence-corrected chi connectivity index (χ2v) is 6.34. The van der Waals surface area contributed by atoms with Gasteiger partial charge in [0.25, 0.3) is 10.0 Å². The molecule has 32 heavy (non-hydrogen) atoms. The normalized spacial score (nSPS) is 9.94. The lowest BCUT2D eigenvalue weighted by Gasteiger charge is -2.01. The van der Waals surface area contributed by atoms with Crippen LogP contribution in [-0.2, 0) is 10.0 Å². The lowest BCUT2D eigenvalue weighted by atomic mass is 10.1. The Morgan fingerprint density at radius 2 is 1.62 bits per heavy atom. The van der Waals surface area contributed by atoms with E-state index in [1.165, 1.54) is 24.5 Å². The van der Waals surface area contributed by atoms with Gasteiger partial charge in [-0.3, -0.25) is 0 Å². The zero-order chi connectivity index (χ0) is 25.2. The van der Waals surface area contributed by atoms with Crippen LogP contribution < -0.4 is 16.8 Å². The zero-order valence-corrected chi connectivity index (χ0v) is 17.3. The number of aromatic amines is 1. The van der Waals surface area contributed by atoms with E-state index in [1.54, 1.807) is 6.92 Å². The lowest BCUT2D eigenvalue weighted by molar-refractivity contribution is 0.0695. The van der Waals surface area contributed by atoms with Gasteiger partial charge in [-0.1, -0.05) is 6.07 Å². The highest BCUT2D eigenvalue weighted by atomic mass is 32.2. The summed E-state index contributed by atoms with van der Waals surface area (Å²) in [5.74, 6) is 6.76. The molecule has 174 valence electrons. The lowest BCUT2D eigenvalue weighted by Crippen LogP contribution is -2.13. The summed E-state index contributed by atoms with van der Waals surface area (Å²) in [5, 5.41) is 32.9. The molecule has 11 N–H and O–H groups in total. The maximum absolute atomic E-state index is 10.6. The predicted molar refractivity (Wildman–Crippen MR) is 111 cm³/mol. The third-order valence-corrected chi connectivity index (χ3v) is 3.47. The van der Waals surface area contributed by atoms with E-state index >= 15 is 0 Å². The summed E-state index contributed by atoms with van der Waals surface area (Å²) in [6, 6.07) is 4.01. The van der Waals surface area contributed by atoms with Gasteiger partial charge in [0.2, 0.25) is 5.16 Å². The highest BCUT2D eigenvalue weighted by Crippen LogP contribution is 2.11. The topological polar surface area (TPSA) is 313 Å². The van der Waals surface area contributed by atoms with Crippen LogP contribution in [0, 0.1) is 18.0 Å². The van der Waals surface area contributed by atoms with Crippen LogP contribution in [0.4, 0.5) is 0 Å². The zero-order valence-electron chi connectivity index (χ0n) is 16.4. The fraction of sp³-hybridized carbons (Fsp3) is 0.0714. The molecule has 0 saturated carbocycles. The van der Waals surface area contributed by atoms with E-state index < -0.39 is 22.0 Å². The molecule has 0 fully saturated rings. The van der Waals surface area contributed by atoms with Crippen molar-refractivity contribution in [2.45, 2.75) is 12.1 Å². The second-order valence-electron chi connectivity index (χ2n) is 4.87. The number of H-pyrrole nitrogens is 1. The highest BCUT2D eigenvalue weighted by Gasteiger charge is 2.10. The van der Waals surface area contributed by atoms with Crippen LogP contribution in [-0.4, -0.2) is 53.2 Å². The van der Waals surface area contributed by atoms with Crippen molar-refractivity contribution in [1.82, 2.24) is 9.97 Å². The third-order valence-electron chi connectivity index (χ3n) is 2.71. The average molecular weight is 471 g/mol. The quantitative estimate of drug-likeness (QED) is 0.0974. The SMILES string of the molecule is Cc1ccc(C(=O)O)cc1C(=O)O.N=NC=NN.N=NC=NN.NS(=O)(=O)c1ncc[nH]1. The summed E-state index contributed by atoms with van der Waals surface area (Å²) in [4.78, 5) is 26.9. The Kier molecular flexibility index (Phi) is 15.0. The smallest absolute Gasteiger partial charge is 0.335 e. The second kappa shape index (κ2) is 16.2. The van der Waals surface area contributed by atoms with Crippen LogP contribution in [0.25, 0.3) is 0 Å². The first-order valence-electron chi connectivity index (χ1n) is 7.72. The number of aryl methyl sites for hydroxylation is 1. The van der Waals surface area contributed by atoms with Crippen LogP contribution >= 0.6 is 0 Å². The largest absolute Gasteiger partial charge is 0.478 e. The number of carboxylic acids is 2. The molecule has 0 unspecified atom stereocenters. The number of sulfonamides is 1. The molecule has 0 bridgehead atoms. The third kappa shape index (κ3) is 13.6. The van der Waals surface area contributed by atoms with Crippen molar-refractivity contribution in [3.05, 3.63) is 47.3 Å². The number of carboxylic acid groups (broad SMARTS) is 2. The Morgan fingerprint density at radius 3 is 1.88 bits per heavy atom. The summed E-state index contributed by atoms with van der Waals surface area (Å²) in [6.45, 7) is 1.62. The predicted octanol–water partition coefficient (Wildman–Crippen LogP) is 0.287. The first kappa shape index (κ1) is 29.6. The van der Waals surface area contributed by atoms with Crippen LogP contribution in [0.1, 0.15) is 26.3 Å². The van der Waals surface area contributed by atoms with Crippen molar-refractivity contribution in [3.8, 4) is 0 Å². The summed E-state index contributed by atoms with van der Waals surface area (Å²) < 4.78 is 20.8. The molecule has 0 radical (unpaired) electrons. The van der Waals surface area contributed by atoms with E-state index in [0.717, 1.165) is 18.7 Å². The molecule has 0 aliphatic heterocycles. The summed E-state index contributed by atoms with van der Waals surface area (Å²) in [7, 11) is -3.63. The van der Waals surface area contributed by atoms with Gasteiger partial charge in [-0.25, -0.2) is 39.2 Å². The molecule has 1 aromatic heterocycles. The van der Waals surface area contributed by atoms with Crippen LogP contribution in [0.15, 0.2) is 56.2 Å². The molecular weight excluding hydrogens is 450 g/mol. The van der Waals surface area contributed by atoms with Crippen molar-refractivity contribution in [2.75, 3.05) is 0 Å². The number of nitrogens with zero attached hydrogens (tertiary/aromatic N) is 5. The number of aromatic nitrogens is 2. The molecule has 2 aromatic rings. The molecule has 1 aromatic carbocycles. The van der Waals surface area contributed by atoms with Gasteiger partial charge < -0.3 is 26.9 Å². The van der Waals surface area contributed by atoms with Gasteiger partial charge in [-0.05, 0) is 24.6 Å². The van der Waals surface area contributed by atoms with Gasteiger partial charge in [0, 0.05) is 12.4 Å². The minimum atomic E-state index is -3.63. The van der Waals surface area contributed by atoms with E-state index in [1.807, 2.05) is 0 Å². The summed E-state index contributed by atoms with van der Waals surface area (Å²) in [5.41, 5.74) is 12.6. The molecule has 0 aliphatic rings. The Morgan fingerprint density at radius 1 is 1.09 bits per heavy atom. The number of nitrogens with one attached hydrogen (secondary N) is 3. The van der Waals surface area contributed by atoms with Gasteiger partial charge >= 0.3 is 11.9 Å². The van der Waals surface area contributed by atoms with Crippen molar-refractivity contribution in [2.24, 2.45) is 37.3 Å². The Labute approximate surface area is 181 Å². The monoisotopic (exact) mass is 471 g/mol. The van der Waals surface area contributed by atoms with Crippen molar-refractivity contribution in [3.63, 3.8) is 0 Å². The van der Waals surface area contributed by atoms with Crippen LogP contribution in [0.2, 0.25) is 0 Å². The van der Waals surface area contributed by atoms with Crippen molar-refractivity contribution >= 4 is 34.6 Å². The average Bonchev–Trinajstić information content (AvgIpc) is 3.26. The van der Waals surface area contributed by atoms with Gasteiger partial charge in [0.1, 0.15) is 0 Å². The highest BCUT2D eigenvalue weighted by molar-refractivity contribution is 7.89. The van der Waals surface area contributed by atoms with E-state index in [9.17, 15) is 18.0 Å². The number of hydrogen-bond acceptors (Lipinski definition) is 11. The molecule has 2 rings (SSSR count). The number of benzene rings is 1. The molecule has 18 heteroatoms. The molecular formula is C14H21N11O6S. The fourth-order valence-electron chi connectivity index (χ4n) is 1.46. The molecule has 0 amide bonds. The Balaban J connectivity index is 0. The maximum Gasteiger partial charge on any atom is 0.335 e. The van der Waals surface area contributed by atoms with E-state index in [-0.39, 0.29) is 16.3 Å². The minimum Gasteiger partial charge on any atom is -0.478 e. The standard InChI is InChI=1S/C9H8O4.C3H5N3O2S.2CH4N4/c1-5-2-3-6(8(10)11)4-7(5)9(12)13;4-9(7,8)3-5-1-2-6-3;2*2-4-1-5-3/h2-4H,1H3,(H,10,11)(H,12,13);1-2H,(H,5,6)(H2,4,7,8);2*1-2H,3H2. The molecule has 0 spiro atoms. The summed E-state index contributed by atoms with van der Waals surface area (Å²) in [6.07, 6.45) is 4.60. The minimum absolute atomic E-state index is 0.0111. The van der Waals surface area contributed by atoms with E-state index in [2.05, 4.69) is 47.2 Å². The van der Waals surface area contributed by atoms with E-state index in [0.29, 0.717) is 5.56 Å². The number of nitrogens with two attached hydrogens (primary N) is 3. The number of hydrogen-bond donors (Lipinski definition) is 8. The molecule has 1 heterocycles. The van der Waals surface area contributed by atoms with Crippen LogP contribution in [0.3, 0.4) is 0 Å². The number of carbonyl (C=O) groups is 2. The Hall–Kier alpha value is -4.58. The van der Waals surface area contributed by atoms with Crippen LogP contribution in [0.5, 0.6) is 0 Å². The fourth-order valence-corrected chi connectivity index (χ4v) is 1.90. The van der Waals surface area contributed by atoms with Gasteiger partial charge in [0.05, 0.1) is 11.1 Å². The number of primary sulfonamides is 1. The first-order valence-corrected chi connectivity index (χ1v) is 9.26. The number of rotatable bonds is 5. The van der Waals surface area contributed by atoms with E-state index in [4.69, 9.17) is 21.3 Å². The number of aromatic carboxylic acids is 2.